The first-order valence-electron chi connectivity index (χ1n) is 8.71. The van der Waals surface area contributed by atoms with Gasteiger partial charge in [-0.2, -0.15) is 0 Å². The van der Waals surface area contributed by atoms with Crippen molar-refractivity contribution in [3.63, 3.8) is 0 Å². The van der Waals surface area contributed by atoms with Gasteiger partial charge in [-0.25, -0.2) is 4.98 Å². The van der Waals surface area contributed by atoms with Crippen molar-refractivity contribution in [3.05, 3.63) is 65.3 Å². The monoisotopic (exact) mass is 437 g/mol. The quantitative estimate of drug-likeness (QED) is 0.406. The Hall–Kier alpha value is -3.26. The van der Waals surface area contributed by atoms with Gasteiger partial charge in [0.2, 0.25) is 5.88 Å². The number of halogens is 4. The van der Waals surface area contributed by atoms with Crippen LogP contribution < -0.4 is 14.2 Å². The van der Waals surface area contributed by atoms with Crippen LogP contribution in [0.2, 0.25) is 5.02 Å². The number of alkyl halides is 3. The molecule has 0 aliphatic rings. The number of nitrogens with zero attached hydrogens (tertiary/aromatic N) is 1. The first kappa shape index (κ1) is 21.4. The fourth-order valence-corrected chi connectivity index (χ4v) is 2.86. The molecule has 0 spiro atoms. The second-order valence-electron chi connectivity index (χ2n) is 5.90. The number of aldehydes is 1. The predicted molar refractivity (Wildman–Crippen MR) is 104 cm³/mol. The summed E-state index contributed by atoms with van der Waals surface area (Å²) in [6, 6.07) is 11.7. The van der Waals surface area contributed by atoms with Gasteiger partial charge in [-0.05, 0) is 49.4 Å². The Bertz CT molecular complexity index is 1060. The topological polar surface area (TPSA) is 57.7 Å². The average molecular weight is 438 g/mol. The molecule has 3 rings (SSSR count). The molecule has 5 nitrogen and oxygen atoms in total. The van der Waals surface area contributed by atoms with E-state index in [1.807, 2.05) is 6.92 Å². The SMILES string of the molecule is CCOc1ncccc1-c1cc(C=O)ccc1Oc1ccc(OC(F)(F)F)c(Cl)c1. The molecule has 0 aliphatic heterocycles. The molecular formula is C21H15ClF3NO4. The number of carbonyl (C=O) groups excluding carboxylic acids is 1. The lowest BCUT2D eigenvalue weighted by molar-refractivity contribution is -0.274. The maximum absolute atomic E-state index is 12.4. The molecular weight excluding hydrogens is 423 g/mol. The van der Waals surface area contributed by atoms with Crippen LogP contribution in [0.1, 0.15) is 17.3 Å². The van der Waals surface area contributed by atoms with Crippen LogP contribution >= 0.6 is 11.6 Å². The molecule has 156 valence electrons. The van der Waals surface area contributed by atoms with Crippen LogP contribution in [0.15, 0.2) is 54.7 Å². The van der Waals surface area contributed by atoms with Crippen LogP contribution in [0.3, 0.4) is 0 Å². The summed E-state index contributed by atoms with van der Waals surface area (Å²) in [7, 11) is 0. The minimum atomic E-state index is -4.86. The molecule has 0 amide bonds. The summed E-state index contributed by atoms with van der Waals surface area (Å²) >= 11 is 5.89. The Balaban J connectivity index is 2.00. The van der Waals surface area contributed by atoms with E-state index in [1.54, 1.807) is 36.5 Å². The van der Waals surface area contributed by atoms with E-state index >= 15 is 0 Å². The molecule has 0 saturated carbocycles. The lowest BCUT2D eigenvalue weighted by atomic mass is 10.0. The molecule has 9 heteroatoms. The van der Waals surface area contributed by atoms with Crippen molar-refractivity contribution in [2.24, 2.45) is 0 Å². The normalized spacial score (nSPS) is 11.1. The Morgan fingerprint density at radius 1 is 1.07 bits per heavy atom. The second-order valence-corrected chi connectivity index (χ2v) is 6.31. The fourth-order valence-electron chi connectivity index (χ4n) is 2.65. The van der Waals surface area contributed by atoms with Crippen molar-refractivity contribution in [2.45, 2.75) is 13.3 Å². The summed E-state index contributed by atoms with van der Waals surface area (Å²) in [6.07, 6.45) is -2.61. The van der Waals surface area contributed by atoms with E-state index in [-0.39, 0.29) is 10.8 Å². The zero-order valence-corrected chi connectivity index (χ0v) is 16.3. The maximum Gasteiger partial charge on any atom is 0.573 e. The number of rotatable bonds is 7. The molecule has 3 aromatic rings. The number of aromatic nitrogens is 1. The van der Waals surface area contributed by atoms with E-state index in [1.165, 1.54) is 12.1 Å². The van der Waals surface area contributed by atoms with Gasteiger partial charge in [0.1, 0.15) is 23.5 Å². The maximum atomic E-state index is 12.4. The van der Waals surface area contributed by atoms with Crippen LogP contribution in [-0.2, 0) is 0 Å². The van der Waals surface area contributed by atoms with E-state index < -0.39 is 12.1 Å². The number of benzene rings is 2. The molecule has 2 aromatic carbocycles. The van der Waals surface area contributed by atoms with Gasteiger partial charge in [-0.1, -0.05) is 11.6 Å². The molecule has 0 atom stereocenters. The van der Waals surface area contributed by atoms with Gasteiger partial charge < -0.3 is 14.2 Å². The molecule has 0 unspecified atom stereocenters. The van der Waals surface area contributed by atoms with Crippen molar-refractivity contribution in [1.29, 1.82) is 0 Å². The highest BCUT2D eigenvalue weighted by Gasteiger charge is 2.32. The van der Waals surface area contributed by atoms with E-state index in [9.17, 15) is 18.0 Å². The van der Waals surface area contributed by atoms with E-state index in [0.29, 0.717) is 41.2 Å². The van der Waals surface area contributed by atoms with Gasteiger partial charge in [0.15, 0.2) is 0 Å². The number of pyridine rings is 1. The molecule has 0 N–H and O–H groups in total. The minimum Gasteiger partial charge on any atom is -0.478 e. The first-order chi connectivity index (χ1) is 14.3. The first-order valence-corrected chi connectivity index (χ1v) is 9.09. The second kappa shape index (κ2) is 9.04. The molecule has 1 heterocycles. The number of carbonyl (C=O) groups is 1. The summed E-state index contributed by atoms with van der Waals surface area (Å²) in [5, 5.41) is -0.271. The smallest absolute Gasteiger partial charge is 0.478 e. The third-order valence-corrected chi connectivity index (χ3v) is 4.13. The molecule has 0 aliphatic carbocycles. The van der Waals surface area contributed by atoms with Crippen LogP contribution in [0.25, 0.3) is 11.1 Å². The minimum absolute atomic E-state index is 0.177. The third kappa shape index (κ3) is 5.21. The van der Waals surface area contributed by atoms with E-state index in [4.69, 9.17) is 21.1 Å². The molecule has 0 bridgehead atoms. The van der Waals surface area contributed by atoms with Crippen LogP contribution in [0.4, 0.5) is 13.2 Å². The summed E-state index contributed by atoms with van der Waals surface area (Å²) < 4.78 is 52.5. The average Bonchev–Trinajstić information content (AvgIpc) is 2.70. The van der Waals surface area contributed by atoms with Crippen molar-refractivity contribution in [2.75, 3.05) is 6.61 Å². The van der Waals surface area contributed by atoms with Gasteiger partial charge in [-0.15, -0.1) is 13.2 Å². The van der Waals surface area contributed by atoms with Crippen LogP contribution in [0.5, 0.6) is 23.1 Å². The van der Waals surface area contributed by atoms with Crippen molar-refractivity contribution in [3.8, 4) is 34.3 Å². The van der Waals surface area contributed by atoms with Gasteiger partial charge in [0, 0.05) is 29.0 Å². The summed E-state index contributed by atoms with van der Waals surface area (Å²) in [4.78, 5) is 15.5. The Morgan fingerprint density at radius 2 is 1.83 bits per heavy atom. The summed E-state index contributed by atoms with van der Waals surface area (Å²) in [6.45, 7) is 2.19. The molecule has 0 saturated heterocycles. The zero-order chi connectivity index (χ0) is 21.7. The largest absolute Gasteiger partial charge is 0.573 e. The van der Waals surface area contributed by atoms with Gasteiger partial charge in [-0.3, -0.25) is 4.79 Å². The fraction of sp³-hybridized carbons (Fsp3) is 0.143. The van der Waals surface area contributed by atoms with Crippen LogP contribution in [0, 0.1) is 0 Å². The van der Waals surface area contributed by atoms with Crippen molar-refractivity contribution >= 4 is 17.9 Å². The lowest BCUT2D eigenvalue weighted by Gasteiger charge is -2.15. The van der Waals surface area contributed by atoms with Crippen LogP contribution in [-0.4, -0.2) is 24.2 Å². The van der Waals surface area contributed by atoms with Gasteiger partial charge in [0.25, 0.3) is 0 Å². The van der Waals surface area contributed by atoms with E-state index in [0.717, 1.165) is 6.07 Å². The number of ether oxygens (including phenoxy) is 3. The Morgan fingerprint density at radius 3 is 2.50 bits per heavy atom. The molecule has 1 aromatic heterocycles. The highest BCUT2D eigenvalue weighted by molar-refractivity contribution is 6.32. The van der Waals surface area contributed by atoms with Gasteiger partial charge in [0.05, 0.1) is 11.6 Å². The Kier molecular flexibility index (Phi) is 6.47. The van der Waals surface area contributed by atoms with Crippen molar-refractivity contribution in [1.82, 2.24) is 4.98 Å². The van der Waals surface area contributed by atoms with Gasteiger partial charge >= 0.3 is 6.36 Å². The number of hydrogen-bond donors (Lipinski definition) is 0. The molecule has 0 fully saturated rings. The van der Waals surface area contributed by atoms with E-state index in [2.05, 4.69) is 9.72 Å². The third-order valence-electron chi connectivity index (χ3n) is 3.84. The number of hydrogen-bond acceptors (Lipinski definition) is 5. The lowest BCUT2D eigenvalue weighted by Crippen LogP contribution is -2.17. The standard InChI is InChI=1S/C21H15ClF3NO4/c1-2-28-20-15(4-3-9-26-20)16-10-13(12-27)5-7-18(16)29-14-6-8-19(17(22)11-14)30-21(23,24)25/h3-12H,2H2,1H3. The highest BCUT2D eigenvalue weighted by Crippen LogP contribution is 2.40. The molecule has 0 radical (unpaired) electrons. The summed E-state index contributed by atoms with van der Waals surface area (Å²) in [5.41, 5.74) is 1.50. The predicted octanol–water partition coefficient (Wildman–Crippen LogP) is 6.30. The Labute approximate surface area is 175 Å². The molecule has 30 heavy (non-hydrogen) atoms. The summed E-state index contributed by atoms with van der Waals surface area (Å²) in [5.74, 6) is 0.311. The van der Waals surface area contributed by atoms with Crippen molar-refractivity contribution < 1.29 is 32.2 Å². The zero-order valence-electron chi connectivity index (χ0n) is 15.6. The highest BCUT2D eigenvalue weighted by atomic mass is 35.5.